The molecule has 2 saturated heterocycles. The van der Waals surface area contributed by atoms with Crippen LogP contribution < -0.4 is 10.6 Å². The highest BCUT2D eigenvalue weighted by Crippen LogP contribution is 2.27. The van der Waals surface area contributed by atoms with E-state index in [9.17, 15) is 9.59 Å². The normalized spacial score (nSPS) is 20.0. The number of morpholine rings is 1. The van der Waals surface area contributed by atoms with Crippen molar-refractivity contribution in [3.05, 3.63) is 113 Å². The van der Waals surface area contributed by atoms with Gasteiger partial charge in [-0.05, 0) is 47.7 Å². The predicted molar refractivity (Wildman–Crippen MR) is 172 cm³/mol. The van der Waals surface area contributed by atoms with E-state index >= 15 is 0 Å². The van der Waals surface area contributed by atoms with Crippen LogP contribution in [0, 0.1) is 0 Å². The van der Waals surface area contributed by atoms with Crippen molar-refractivity contribution in [2.75, 3.05) is 52.5 Å². The van der Waals surface area contributed by atoms with Gasteiger partial charge in [0, 0.05) is 62.3 Å². The van der Waals surface area contributed by atoms with Crippen molar-refractivity contribution in [1.82, 2.24) is 20.4 Å². The number of rotatable bonds is 11. The molecule has 43 heavy (non-hydrogen) atoms. The number of nitrogens with zero attached hydrogens (tertiary/aromatic N) is 2. The Morgan fingerprint density at radius 2 is 1.60 bits per heavy atom. The third-order valence-electron chi connectivity index (χ3n) is 8.26. The maximum Gasteiger partial charge on any atom is 0.244 e. The zero-order valence-corrected chi connectivity index (χ0v) is 25.3. The summed E-state index contributed by atoms with van der Waals surface area (Å²) in [6, 6.07) is 27.8. The maximum absolute atomic E-state index is 14.1. The Hall–Kier alpha value is -3.49. The Morgan fingerprint density at radius 1 is 0.953 bits per heavy atom. The van der Waals surface area contributed by atoms with Gasteiger partial charge in [0.25, 0.3) is 0 Å². The fourth-order valence-corrected chi connectivity index (χ4v) is 5.92. The van der Waals surface area contributed by atoms with E-state index in [1.165, 1.54) is 17.2 Å². The first-order valence-corrected chi connectivity index (χ1v) is 15.6. The van der Waals surface area contributed by atoms with Gasteiger partial charge in [-0.2, -0.15) is 0 Å². The van der Waals surface area contributed by atoms with E-state index in [2.05, 4.69) is 64.1 Å². The van der Waals surface area contributed by atoms with Crippen molar-refractivity contribution in [2.45, 2.75) is 30.8 Å². The molecule has 2 heterocycles. The second-order valence-electron chi connectivity index (χ2n) is 11.2. The van der Waals surface area contributed by atoms with Crippen molar-refractivity contribution in [2.24, 2.45) is 0 Å². The third-order valence-corrected chi connectivity index (χ3v) is 8.51. The molecule has 0 aromatic heterocycles. The maximum atomic E-state index is 14.1. The summed E-state index contributed by atoms with van der Waals surface area (Å²) in [5, 5.41) is 7.32. The first-order chi connectivity index (χ1) is 21.0. The number of nitrogens with one attached hydrogen (secondary N) is 2. The Bertz CT molecular complexity index is 1290. The topological polar surface area (TPSA) is 73.9 Å². The molecule has 0 saturated carbocycles. The molecule has 0 unspecified atom stereocenters. The minimum absolute atomic E-state index is 0.0246. The number of amides is 2. The lowest BCUT2D eigenvalue weighted by Crippen LogP contribution is -2.50. The smallest absolute Gasteiger partial charge is 0.244 e. The fraction of sp³-hybridized carbons (Fsp3) is 0.371. The Balaban J connectivity index is 1.28. The van der Waals surface area contributed by atoms with Crippen LogP contribution in [0.15, 0.2) is 91.0 Å². The molecule has 2 atom stereocenters. The van der Waals surface area contributed by atoms with Crippen molar-refractivity contribution >= 4 is 29.5 Å². The molecule has 5 rings (SSSR count). The fourth-order valence-electron chi connectivity index (χ4n) is 5.79. The van der Waals surface area contributed by atoms with E-state index in [1.54, 1.807) is 18.2 Å². The van der Waals surface area contributed by atoms with Crippen LogP contribution >= 0.6 is 11.6 Å². The summed E-state index contributed by atoms with van der Waals surface area (Å²) in [7, 11) is 0. The second-order valence-corrected chi connectivity index (χ2v) is 11.7. The largest absolute Gasteiger partial charge is 0.379 e. The quantitative estimate of drug-likeness (QED) is 0.315. The zero-order valence-electron chi connectivity index (χ0n) is 24.5. The molecule has 7 nitrogen and oxygen atoms in total. The predicted octanol–water partition coefficient (Wildman–Crippen LogP) is 4.58. The van der Waals surface area contributed by atoms with E-state index in [0.717, 1.165) is 44.8 Å². The summed E-state index contributed by atoms with van der Waals surface area (Å²) >= 11 is 5.97. The summed E-state index contributed by atoms with van der Waals surface area (Å²) in [6.45, 7) is 5.72. The molecule has 2 aliphatic rings. The summed E-state index contributed by atoms with van der Waals surface area (Å²) < 4.78 is 5.52. The lowest BCUT2D eigenvalue weighted by Gasteiger charge is -2.31. The SMILES string of the molecule is O=C(C=Cc1ccc(Cl)cc1)NC[C@@H]1CCN(CC(c2ccccc2)c2ccccc2)C(=O)[C@H](CCN2CCOCC2)N1. The van der Waals surface area contributed by atoms with Gasteiger partial charge in [-0.15, -0.1) is 0 Å². The highest BCUT2D eigenvalue weighted by atomic mass is 35.5. The number of hydrogen-bond donors (Lipinski definition) is 2. The van der Waals surface area contributed by atoms with Crippen molar-refractivity contribution in [3.63, 3.8) is 0 Å². The minimum atomic E-state index is -0.330. The first kappa shape index (κ1) is 31.0. The molecule has 2 fully saturated rings. The van der Waals surface area contributed by atoms with E-state index in [-0.39, 0.29) is 29.8 Å². The molecule has 3 aromatic rings. The average Bonchev–Trinajstić information content (AvgIpc) is 3.20. The van der Waals surface area contributed by atoms with Gasteiger partial charge >= 0.3 is 0 Å². The second kappa shape index (κ2) is 15.8. The summed E-state index contributed by atoms with van der Waals surface area (Å²) in [4.78, 5) is 31.2. The summed E-state index contributed by atoms with van der Waals surface area (Å²) in [6.07, 6.45) is 4.77. The highest BCUT2D eigenvalue weighted by molar-refractivity contribution is 6.30. The summed E-state index contributed by atoms with van der Waals surface area (Å²) in [5.41, 5.74) is 3.29. The van der Waals surface area contributed by atoms with Crippen LogP contribution in [-0.2, 0) is 14.3 Å². The van der Waals surface area contributed by atoms with E-state index in [4.69, 9.17) is 16.3 Å². The molecule has 0 radical (unpaired) electrons. The van der Waals surface area contributed by atoms with E-state index in [0.29, 0.717) is 31.1 Å². The summed E-state index contributed by atoms with van der Waals surface area (Å²) in [5.74, 6) is 0.0318. The monoisotopic (exact) mass is 600 g/mol. The van der Waals surface area contributed by atoms with Crippen molar-refractivity contribution in [3.8, 4) is 0 Å². The number of carbonyl (C=O) groups excluding carboxylic acids is 2. The van der Waals surface area contributed by atoms with Gasteiger partial charge in [0.2, 0.25) is 11.8 Å². The van der Waals surface area contributed by atoms with Crippen LogP contribution in [-0.4, -0.2) is 86.2 Å². The Kier molecular flexibility index (Phi) is 11.4. The number of benzene rings is 3. The number of ether oxygens (including phenoxy) is 1. The molecule has 2 aliphatic heterocycles. The van der Waals surface area contributed by atoms with Crippen LogP contribution in [0.2, 0.25) is 5.02 Å². The Labute approximate surface area is 259 Å². The third kappa shape index (κ3) is 9.25. The minimum Gasteiger partial charge on any atom is -0.379 e. The number of hydrogen-bond acceptors (Lipinski definition) is 5. The number of carbonyl (C=O) groups is 2. The molecule has 0 spiro atoms. The zero-order chi connectivity index (χ0) is 29.9. The van der Waals surface area contributed by atoms with Crippen LogP contribution in [0.1, 0.15) is 35.4 Å². The van der Waals surface area contributed by atoms with Crippen LogP contribution in [0.4, 0.5) is 0 Å². The first-order valence-electron chi connectivity index (χ1n) is 15.2. The van der Waals surface area contributed by atoms with Gasteiger partial charge in [0.05, 0.1) is 19.3 Å². The highest BCUT2D eigenvalue weighted by Gasteiger charge is 2.33. The average molecular weight is 601 g/mol. The van der Waals surface area contributed by atoms with Crippen LogP contribution in [0.3, 0.4) is 0 Å². The molecular weight excluding hydrogens is 560 g/mol. The Morgan fingerprint density at radius 3 is 2.26 bits per heavy atom. The molecule has 2 N–H and O–H groups in total. The lowest BCUT2D eigenvalue weighted by atomic mass is 9.90. The standard InChI is InChI=1S/C35H41ClN4O3/c36-30-14-11-27(12-15-30)13-16-34(41)37-25-31-17-20-40(35(42)33(38-31)18-19-39-21-23-43-24-22-39)26-32(28-7-3-1-4-8-28)29-9-5-2-6-10-29/h1-16,31-33,38H,17-26H2,(H,37,41)/t31-,33-/m0/s1. The van der Waals surface area contributed by atoms with Crippen LogP contribution in [0.5, 0.6) is 0 Å². The molecule has 226 valence electrons. The van der Waals surface area contributed by atoms with Crippen LogP contribution in [0.25, 0.3) is 6.08 Å². The van der Waals surface area contributed by atoms with Gasteiger partial charge in [0.15, 0.2) is 0 Å². The molecule has 2 amide bonds. The number of halogens is 1. The van der Waals surface area contributed by atoms with Gasteiger partial charge in [-0.25, -0.2) is 0 Å². The van der Waals surface area contributed by atoms with E-state index < -0.39 is 0 Å². The van der Waals surface area contributed by atoms with Gasteiger partial charge in [0.1, 0.15) is 0 Å². The van der Waals surface area contributed by atoms with Crippen molar-refractivity contribution < 1.29 is 14.3 Å². The van der Waals surface area contributed by atoms with Crippen molar-refractivity contribution in [1.29, 1.82) is 0 Å². The van der Waals surface area contributed by atoms with Gasteiger partial charge in [-0.3, -0.25) is 14.5 Å². The van der Waals surface area contributed by atoms with Gasteiger partial charge < -0.3 is 20.3 Å². The molecule has 3 aromatic carbocycles. The molecule has 0 bridgehead atoms. The molecular formula is C35H41ClN4O3. The van der Waals surface area contributed by atoms with E-state index in [1.807, 2.05) is 29.2 Å². The van der Waals surface area contributed by atoms with Gasteiger partial charge in [-0.1, -0.05) is 84.4 Å². The lowest BCUT2D eigenvalue weighted by molar-refractivity contribution is -0.133. The molecule has 0 aliphatic carbocycles. The molecule has 8 heteroatoms.